The average Bonchev–Trinajstić information content (AvgIpc) is 2.72. The Morgan fingerprint density at radius 1 is 1.00 bits per heavy atom. The van der Waals surface area contributed by atoms with Crippen molar-refractivity contribution < 1.29 is 23.4 Å². The maximum Gasteiger partial charge on any atom is 0.410 e. The molecule has 0 atom stereocenters. The summed E-state index contributed by atoms with van der Waals surface area (Å²) in [5.41, 5.74) is -1.07. The van der Waals surface area contributed by atoms with Crippen molar-refractivity contribution in [2.45, 2.75) is 54.6 Å². The zero-order valence-corrected chi connectivity index (χ0v) is 22.7. The summed E-state index contributed by atoms with van der Waals surface area (Å²) in [5, 5.41) is 10.9. The van der Waals surface area contributed by atoms with E-state index in [4.69, 9.17) is 4.74 Å². The zero-order chi connectivity index (χ0) is 24.8. The summed E-state index contributed by atoms with van der Waals surface area (Å²) < 4.78 is 32.4. The molecule has 182 valence electrons. The molecular formula is C24H30BrF2NO3S2. The van der Waals surface area contributed by atoms with Gasteiger partial charge in [0, 0.05) is 27.4 Å². The smallest absolute Gasteiger partial charge is 0.410 e. The van der Waals surface area contributed by atoms with E-state index in [0.717, 1.165) is 14.3 Å². The van der Waals surface area contributed by atoms with Crippen LogP contribution in [0.5, 0.6) is 0 Å². The first-order valence-electron chi connectivity index (χ1n) is 10.4. The number of hydrogen-bond acceptors (Lipinski definition) is 5. The summed E-state index contributed by atoms with van der Waals surface area (Å²) in [4.78, 5) is 15.4. The van der Waals surface area contributed by atoms with Crippen molar-refractivity contribution in [1.82, 2.24) is 4.90 Å². The lowest BCUT2D eigenvalue weighted by Crippen LogP contribution is -2.46. The van der Waals surface area contributed by atoms with E-state index >= 15 is 0 Å². The summed E-state index contributed by atoms with van der Waals surface area (Å²) in [6.45, 7) is 6.23. The van der Waals surface area contributed by atoms with Gasteiger partial charge in [-0.05, 0) is 88.1 Å². The lowest BCUT2D eigenvalue weighted by atomic mass is 9.84. The van der Waals surface area contributed by atoms with E-state index in [1.165, 1.54) is 47.8 Å². The van der Waals surface area contributed by atoms with Crippen LogP contribution in [0.3, 0.4) is 0 Å². The molecule has 1 fully saturated rings. The molecule has 0 bridgehead atoms. The molecule has 4 nitrogen and oxygen atoms in total. The molecule has 9 heteroatoms. The standard InChI is InChI=1S/C17H24FNO3S.C7H6BrFS/c1-16(2,3)22-15(20)19-7-5-17(21,6-8-19)12-9-13(18)11-14(10-12)23-4;1-10-7-3-5(8)2-6(9)4-7/h9-11,21H,5-8H2,1-4H3;2-4H,1H3. The third-order valence-corrected chi connectivity index (χ3v) is 6.83. The topological polar surface area (TPSA) is 49.8 Å². The number of likely N-dealkylation sites (tertiary alicyclic amines) is 1. The molecular weight excluding hydrogens is 532 g/mol. The van der Waals surface area contributed by atoms with Gasteiger partial charge in [0.05, 0.1) is 5.60 Å². The van der Waals surface area contributed by atoms with Crippen molar-refractivity contribution in [3.05, 3.63) is 58.1 Å². The van der Waals surface area contributed by atoms with Gasteiger partial charge in [-0.3, -0.25) is 0 Å². The van der Waals surface area contributed by atoms with Crippen LogP contribution in [0.2, 0.25) is 0 Å². The molecule has 0 radical (unpaired) electrons. The fraction of sp³-hybridized carbons (Fsp3) is 0.458. The van der Waals surface area contributed by atoms with Gasteiger partial charge in [0.2, 0.25) is 0 Å². The number of piperidine rings is 1. The van der Waals surface area contributed by atoms with Crippen molar-refractivity contribution in [1.29, 1.82) is 0 Å². The Labute approximate surface area is 211 Å². The molecule has 0 saturated carbocycles. The van der Waals surface area contributed by atoms with E-state index in [2.05, 4.69) is 15.9 Å². The Morgan fingerprint density at radius 3 is 2.00 bits per heavy atom. The summed E-state index contributed by atoms with van der Waals surface area (Å²) in [6, 6.07) is 9.48. The van der Waals surface area contributed by atoms with Crippen LogP contribution in [0.15, 0.2) is 50.7 Å². The minimum Gasteiger partial charge on any atom is -0.444 e. The van der Waals surface area contributed by atoms with Gasteiger partial charge < -0.3 is 14.7 Å². The number of rotatable bonds is 3. The molecule has 0 aliphatic carbocycles. The van der Waals surface area contributed by atoms with Crippen LogP contribution in [-0.2, 0) is 10.3 Å². The van der Waals surface area contributed by atoms with Crippen molar-refractivity contribution in [2.24, 2.45) is 0 Å². The second-order valence-electron chi connectivity index (χ2n) is 8.69. The van der Waals surface area contributed by atoms with Crippen LogP contribution < -0.4 is 0 Å². The third kappa shape index (κ3) is 8.77. The first kappa shape index (κ1) is 28.0. The molecule has 3 rings (SSSR count). The lowest BCUT2D eigenvalue weighted by molar-refractivity contribution is -0.0359. The van der Waals surface area contributed by atoms with E-state index < -0.39 is 11.2 Å². The molecule has 1 N–H and O–H groups in total. The zero-order valence-electron chi connectivity index (χ0n) is 19.5. The first-order valence-corrected chi connectivity index (χ1v) is 13.6. The van der Waals surface area contributed by atoms with Crippen LogP contribution >= 0.6 is 39.5 Å². The third-order valence-electron chi connectivity index (χ3n) is 4.96. The van der Waals surface area contributed by atoms with Crippen LogP contribution in [0, 0.1) is 11.6 Å². The molecule has 1 amide bonds. The van der Waals surface area contributed by atoms with Gasteiger partial charge in [0.1, 0.15) is 17.2 Å². The van der Waals surface area contributed by atoms with E-state index in [1.807, 2.05) is 45.4 Å². The predicted octanol–water partition coefficient (Wildman–Crippen LogP) is 7.08. The van der Waals surface area contributed by atoms with Gasteiger partial charge in [-0.1, -0.05) is 15.9 Å². The van der Waals surface area contributed by atoms with Gasteiger partial charge >= 0.3 is 6.09 Å². The second-order valence-corrected chi connectivity index (χ2v) is 11.4. The number of thioether (sulfide) groups is 2. The molecule has 0 aromatic heterocycles. The van der Waals surface area contributed by atoms with E-state index in [-0.39, 0.29) is 17.7 Å². The molecule has 2 aromatic rings. The normalized spacial score (nSPS) is 15.5. The Morgan fingerprint density at radius 2 is 1.52 bits per heavy atom. The molecule has 33 heavy (non-hydrogen) atoms. The number of carbonyl (C=O) groups is 1. The van der Waals surface area contributed by atoms with Gasteiger partial charge in [0.15, 0.2) is 0 Å². The number of halogens is 3. The van der Waals surface area contributed by atoms with E-state index in [9.17, 15) is 18.7 Å². The highest BCUT2D eigenvalue weighted by Gasteiger charge is 2.37. The van der Waals surface area contributed by atoms with Gasteiger partial charge in [-0.15, -0.1) is 23.5 Å². The maximum atomic E-state index is 13.7. The summed E-state index contributed by atoms with van der Waals surface area (Å²) in [5.74, 6) is -0.548. The Hall–Kier alpha value is -1.29. The predicted molar refractivity (Wildman–Crippen MR) is 135 cm³/mol. The largest absolute Gasteiger partial charge is 0.444 e. The highest BCUT2D eigenvalue weighted by molar-refractivity contribution is 9.10. The fourth-order valence-electron chi connectivity index (χ4n) is 3.27. The van der Waals surface area contributed by atoms with Crippen LogP contribution in [0.25, 0.3) is 0 Å². The molecule has 1 aliphatic heterocycles. The van der Waals surface area contributed by atoms with Gasteiger partial charge in [0.25, 0.3) is 0 Å². The van der Waals surface area contributed by atoms with Gasteiger partial charge in [-0.2, -0.15) is 0 Å². The average molecular weight is 563 g/mol. The molecule has 2 aromatic carbocycles. The number of aliphatic hydroxyl groups is 1. The number of ether oxygens (including phenoxy) is 1. The second kappa shape index (κ2) is 11.9. The summed E-state index contributed by atoms with van der Waals surface area (Å²) in [6.07, 6.45) is 4.14. The Balaban J connectivity index is 0.000000321. The maximum absolute atomic E-state index is 13.7. The number of hydrogen-bond donors (Lipinski definition) is 1. The first-order chi connectivity index (χ1) is 15.3. The van der Waals surface area contributed by atoms with Crippen LogP contribution in [0.4, 0.5) is 13.6 Å². The summed E-state index contributed by atoms with van der Waals surface area (Å²) >= 11 is 6.16. The molecule has 0 unspecified atom stereocenters. The molecule has 1 aliphatic rings. The minimum atomic E-state index is -1.11. The molecule has 1 heterocycles. The van der Waals surface area contributed by atoms with Crippen molar-refractivity contribution in [3.8, 4) is 0 Å². The monoisotopic (exact) mass is 561 g/mol. The number of carbonyl (C=O) groups excluding carboxylic acids is 1. The number of benzene rings is 2. The number of amides is 1. The van der Waals surface area contributed by atoms with E-state index in [0.29, 0.717) is 31.5 Å². The minimum absolute atomic E-state index is 0.196. The Kier molecular flexibility index (Phi) is 10.1. The quantitative estimate of drug-likeness (QED) is 0.406. The number of nitrogens with zero attached hydrogens (tertiary/aromatic N) is 1. The van der Waals surface area contributed by atoms with Crippen molar-refractivity contribution >= 4 is 45.5 Å². The van der Waals surface area contributed by atoms with Crippen LogP contribution in [-0.4, -0.2) is 47.3 Å². The van der Waals surface area contributed by atoms with E-state index in [1.54, 1.807) is 4.90 Å². The molecule has 0 spiro atoms. The lowest BCUT2D eigenvalue weighted by Gasteiger charge is -2.39. The SMILES string of the molecule is CSc1cc(F)cc(Br)c1.CSc1cc(F)cc(C2(O)CCN(C(=O)OC(C)(C)C)CC2)c1. The summed E-state index contributed by atoms with van der Waals surface area (Å²) in [7, 11) is 0. The highest BCUT2D eigenvalue weighted by Crippen LogP contribution is 2.35. The van der Waals surface area contributed by atoms with Crippen LogP contribution in [0.1, 0.15) is 39.2 Å². The molecule has 1 saturated heterocycles. The van der Waals surface area contributed by atoms with Crippen molar-refractivity contribution in [3.63, 3.8) is 0 Å². The highest BCUT2D eigenvalue weighted by atomic mass is 79.9. The van der Waals surface area contributed by atoms with Crippen molar-refractivity contribution in [2.75, 3.05) is 25.6 Å². The van der Waals surface area contributed by atoms with Gasteiger partial charge in [-0.25, -0.2) is 13.6 Å². The fourth-order valence-corrected chi connectivity index (χ4v) is 4.84. The Bertz CT molecular complexity index is 941.